The largest absolute Gasteiger partial charge is 0.494 e. The lowest BCUT2D eigenvalue weighted by Gasteiger charge is -2.13. The number of fused-ring (bicyclic) bond motifs is 1. The standard InChI is InChI=1S/C15H15N3O3S2/c1-9-4-12(10-7-16-22-8-10)17-13-6-15(21-2)14(5-11(9)13)18-23(3,19)20/h4-8,18H,1-3H3. The highest BCUT2D eigenvalue weighted by atomic mass is 32.2. The van der Waals surface area contributed by atoms with Crippen LogP contribution < -0.4 is 9.46 Å². The number of benzene rings is 1. The van der Waals surface area contributed by atoms with E-state index in [0.717, 1.165) is 34.0 Å². The van der Waals surface area contributed by atoms with E-state index in [1.807, 2.05) is 18.4 Å². The number of nitrogens with one attached hydrogen (secondary N) is 1. The van der Waals surface area contributed by atoms with Crippen molar-refractivity contribution in [3.05, 3.63) is 35.3 Å². The highest BCUT2D eigenvalue weighted by molar-refractivity contribution is 7.92. The Morgan fingerprint density at radius 3 is 2.65 bits per heavy atom. The van der Waals surface area contributed by atoms with Gasteiger partial charge >= 0.3 is 0 Å². The van der Waals surface area contributed by atoms with E-state index >= 15 is 0 Å². The smallest absolute Gasteiger partial charge is 0.229 e. The van der Waals surface area contributed by atoms with Crippen LogP contribution in [0.5, 0.6) is 5.75 Å². The van der Waals surface area contributed by atoms with Gasteiger partial charge < -0.3 is 4.74 Å². The Balaban J connectivity index is 2.21. The Kier molecular flexibility index (Phi) is 3.95. The minimum Gasteiger partial charge on any atom is -0.494 e. The number of sulfonamides is 1. The van der Waals surface area contributed by atoms with Crippen LogP contribution >= 0.6 is 11.5 Å². The molecule has 0 aliphatic heterocycles. The van der Waals surface area contributed by atoms with Crippen LogP contribution in [0.1, 0.15) is 5.56 Å². The number of hydrogen-bond acceptors (Lipinski definition) is 6. The number of methoxy groups -OCH3 is 1. The Labute approximate surface area is 138 Å². The SMILES string of the molecule is COc1cc2nc(-c3cnsc3)cc(C)c2cc1NS(C)(=O)=O. The second-order valence-corrected chi connectivity index (χ2v) is 7.59. The van der Waals surface area contributed by atoms with Gasteiger partial charge in [0.2, 0.25) is 10.0 Å². The maximum atomic E-state index is 11.5. The second kappa shape index (κ2) is 5.78. The highest BCUT2D eigenvalue weighted by Gasteiger charge is 2.13. The van der Waals surface area contributed by atoms with E-state index in [4.69, 9.17) is 4.74 Å². The Morgan fingerprint density at radius 1 is 1.26 bits per heavy atom. The van der Waals surface area contributed by atoms with Crippen LogP contribution in [0.25, 0.3) is 22.2 Å². The van der Waals surface area contributed by atoms with Gasteiger partial charge in [0.15, 0.2) is 0 Å². The molecule has 120 valence electrons. The molecule has 2 heterocycles. The first kappa shape index (κ1) is 15.7. The van der Waals surface area contributed by atoms with Crippen molar-refractivity contribution in [1.29, 1.82) is 0 Å². The molecule has 6 nitrogen and oxygen atoms in total. The van der Waals surface area contributed by atoms with Crippen molar-refractivity contribution in [1.82, 2.24) is 9.36 Å². The third-order valence-electron chi connectivity index (χ3n) is 3.36. The number of pyridine rings is 1. The average molecular weight is 349 g/mol. The molecule has 0 spiro atoms. The summed E-state index contributed by atoms with van der Waals surface area (Å²) in [6, 6.07) is 5.44. The molecule has 0 bridgehead atoms. The zero-order valence-corrected chi connectivity index (χ0v) is 14.5. The zero-order chi connectivity index (χ0) is 16.6. The van der Waals surface area contributed by atoms with E-state index in [2.05, 4.69) is 14.1 Å². The number of anilines is 1. The molecule has 3 aromatic rings. The molecular weight excluding hydrogens is 334 g/mol. The summed E-state index contributed by atoms with van der Waals surface area (Å²) < 4.78 is 34.9. The molecule has 0 aliphatic carbocycles. The molecule has 8 heteroatoms. The quantitative estimate of drug-likeness (QED) is 0.783. The number of aromatic nitrogens is 2. The monoisotopic (exact) mass is 349 g/mol. The zero-order valence-electron chi connectivity index (χ0n) is 12.8. The minimum absolute atomic E-state index is 0.400. The molecule has 0 atom stereocenters. The van der Waals surface area contributed by atoms with Gasteiger partial charge in [-0.05, 0) is 36.2 Å². The van der Waals surface area contributed by atoms with E-state index in [1.54, 1.807) is 18.3 Å². The predicted octanol–water partition coefficient (Wildman–Crippen LogP) is 3.05. The molecule has 1 N–H and O–H groups in total. The van der Waals surface area contributed by atoms with Crippen molar-refractivity contribution in [2.75, 3.05) is 18.1 Å². The van der Waals surface area contributed by atoms with Gasteiger partial charge in [-0.1, -0.05) is 0 Å². The lowest BCUT2D eigenvalue weighted by atomic mass is 10.1. The average Bonchev–Trinajstić information content (AvgIpc) is 2.99. The van der Waals surface area contributed by atoms with Crippen molar-refractivity contribution < 1.29 is 13.2 Å². The number of nitrogens with zero attached hydrogens (tertiary/aromatic N) is 2. The first-order chi connectivity index (χ1) is 10.9. The molecule has 0 radical (unpaired) electrons. The Bertz CT molecular complexity index is 967. The number of aryl methyl sites for hydroxylation is 1. The van der Waals surface area contributed by atoms with E-state index in [-0.39, 0.29) is 0 Å². The molecule has 0 aliphatic rings. The van der Waals surface area contributed by atoms with Crippen LogP contribution in [0.15, 0.2) is 29.8 Å². The van der Waals surface area contributed by atoms with Crippen LogP contribution in [-0.2, 0) is 10.0 Å². The number of hydrogen-bond donors (Lipinski definition) is 1. The van der Waals surface area contributed by atoms with Crippen molar-refractivity contribution >= 4 is 38.1 Å². The van der Waals surface area contributed by atoms with Gasteiger partial charge in [0.25, 0.3) is 0 Å². The fourth-order valence-electron chi connectivity index (χ4n) is 2.35. The fraction of sp³-hybridized carbons (Fsp3) is 0.200. The van der Waals surface area contributed by atoms with Crippen molar-refractivity contribution in [2.45, 2.75) is 6.92 Å². The third kappa shape index (κ3) is 3.27. The van der Waals surface area contributed by atoms with Crippen molar-refractivity contribution in [3.63, 3.8) is 0 Å². The first-order valence-corrected chi connectivity index (χ1v) is 9.47. The van der Waals surface area contributed by atoms with Crippen molar-refractivity contribution in [3.8, 4) is 17.0 Å². The van der Waals surface area contributed by atoms with E-state index in [1.165, 1.54) is 18.6 Å². The maximum absolute atomic E-state index is 11.5. The second-order valence-electron chi connectivity index (χ2n) is 5.18. The van der Waals surface area contributed by atoms with E-state index in [9.17, 15) is 8.42 Å². The van der Waals surface area contributed by atoms with E-state index < -0.39 is 10.0 Å². The highest BCUT2D eigenvalue weighted by Crippen LogP contribution is 2.33. The molecule has 0 fully saturated rings. The van der Waals surface area contributed by atoms with Gasteiger partial charge in [-0.25, -0.2) is 17.8 Å². The van der Waals surface area contributed by atoms with Crippen LogP contribution in [0.4, 0.5) is 5.69 Å². The van der Waals surface area contributed by atoms with Gasteiger partial charge in [-0.15, -0.1) is 0 Å². The summed E-state index contributed by atoms with van der Waals surface area (Å²) >= 11 is 1.37. The van der Waals surface area contributed by atoms with Gasteiger partial charge in [0.1, 0.15) is 5.75 Å². The predicted molar refractivity (Wildman–Crippen MR) is 92.6 cm³/mol. The van der Waals surface area contributed by atoms with Crippen LogP contribution in [-0.4, -0.2) is 31.1 Å². The molecule has 1 aromatic carbocycles. The summed E-state index contributed by atoms with van der Waals surface area (Å²) in [5.41, 5.74) is 3.92. The van der Waals surface area contributed by atoms with Crippen LogP contribution in [0.2, 0.25) is 0 Å². The fourth-order valence-corrected chi connectivity index (χ4v) is 3.44. The van der Waals surface area contributed by atoms with Crippen LogP contribution in [0, 0.1) is 6.92 Å². The molecule has 23 heavy (non-hydrogen) atoms. The summed E-state index contributed by atoms with van der Waals surface area (Å²) in [5, 5.41) is 2.80. The first-order valence-electron chi connectivity index (χ1n) is 6.74. The van der Waals surface area contributed by atoms with Gasteiger partial charge in [0.05, 0.1) is 36.5 Å². The summed E-state index contributed by atoms with van der Waals surface area (Å²) in [4.78, 5) is 4.63. The summed E-state index contributed by atoms with van der Waals surface area (Å²) in [6.45, 7) is 1.96. The van der Waals surface area contributed by atoms with Crippen molar-refractivity contribution in [2.24, 2.45) is 0 Å². The molecule has 0 saturated carbocycles. The number of rotatable bonds is 4. The van der Waals surface area contributed by atoms with Crippen LogP contribution in [0.3, 0.4) is 0 Å². The summed E-state index contributed by atoms with van der Waals surface area (Å²) in [7, 11) is -1.90. The van der Waals surface area contributed by atoms with Gasteiger partial charge in [-0.3, -0.25) is 4.72 Å². The molecule has 0 amide bonds. The lowest BCUT2D eigenvalue weighted by Crippen LogP contribution is -2.10. The number of ether oxygens (including phenoxy) is 1. The summed E-state index contributed by atoms with van der Waals surface area (Å²) in [5.74, 6) is 0.426. The lowest BCUT2D eigenvalue weighted by molar-refractivity contribution is 0.417. The molecule has 0 unspecified atom stereocenters. The topological polar surface area (TPSA) is 81.2 Å². The Morgan fingerprint density at radius 2 is 2.04 bits per heavy atom. The molecule has 2 aromatic heterocycles. The van der Waals surface area contributed by atoms with Gasteiger partial charge in [-0.2, -0.15) is 0 Å². The Hall–Kier alpha value is -2.19. The molecule has 0 saturated heterocycles. The maximum Gasteiger partial charge on any atom is 0.229 e. The molecule has 3 rings (SSSR count). The van der Waals surface area contributed by atoms with E-state index in [0.29, 0.717) is 11.4 Å². The van der Waals surface area contributed by atoms with Gasteiger partial charge in [0, 0.05) is 22.4 Å². The normalized spacial score (nSPS) is 11.6. The minimum atomic E-state index is -3.39. The molecular formula is C15H15N3O3S2. The third-order valence-corrected chi connectivity index (χ3v) is 4.54. The summed E-state index contributed by atoms with van der Waals surface area (Å²) in [6.07, 6.45) is 2.88.